The lowest BCUT2D eigenvalue weighted by Gasteiger charge is -2.30. The Morgan fingerprint density at radius 3 is 2.21 bits per heavy atom. The summed E-state index contributed by atoms with van der Waals surface area (Å²) >= 11 is 0. The zero-order valence-electron chi connectivity index (χ0n) is 15.1. The molecule has 0 atom stereocenters. The second kappa shape index (κ2) is 8.62. The Balaban J connectivity index is 1.52. The topological polar surface area (TPSA) is 80.8 Å². The van der Waals surface area contributed by atoms with Gasteiger partial charge in [-0.25, -0.2) is 12.8 Å². The molecule has 2 aromatic carbocycles. The average Bonchev–Trinajstić information content (AvgIpc) is 2.73. The van der Waals surface area contributed by atoms with Crippen LogP contribution in [0.3, 0.4) is 0 Å². The third-order valence-electron chi connectivity index (χ3n) is 4.68. The second-order valence-electron chi connectivity index (χ2n) is 6.53. The maximum Gasteiger partial charge on any atom is 0.309 e. The maximum absolute atomic E-state index is 13.0. The van der Waals surface area contributed by atoms with Gasteiger partial charge in [-0.15, -0.1) is 0 Å². The van der Waals surface area contributed by atoms with E-state index in [1.165, 1.54) is 16.4 Å². The number of nitrogens with zero attached hydrogens (tertiary/aromatic N) is 1. The minimum atomic E-state index is -3.73. The number of hydrogen-bond donors (Lipinski definition) is 0. The molecule has 28 heavy (non-hydrogen) atoms. The Morgan fingerprint density at radius 2 is 1.61 bits per heavy atom. The number of ether oxygens (including phenoxy) is 1. The number of halogens is 1. The number of piperidine rings is 1. The van der Waals surface area contributed by atoms with E-state index in [1.807, 2.05) is 0 Å². The molecule has 6 nitrogen and oxygen atoms in total. The van der Waals surface area contributed by atoms with Crippen molar-refractivity contribution in [2.45, 2.75) is 17.7 Å². The number of ketones is 1. The van der Waals surface area contributed by atoms with E-state index in [4.69, 9.17) is 4.74 Å². The van der Waals surface area contributed by atoms with Crippen molar-refractivity contribution in [3.8, 4) is 0 Å². The van der Waals surface area contributed by atoms with Crippen molar-refractivity contribution in [1.29, 1.82) is 0 Å². The molecule has 3 rings (SSSR count). The number of benzene rings is 2. The summed E-state index contributed by atoms with van der Waals surface area (Å²) in [5, 5.41) is 0. The van der Waals surface area contributed by atoms with Gasteiger partial charge in [0.05, 0.1) is 10.8 Å². The van der Waals surface area contributed by atoms with Gasteiger partial charge in [-0.1, -0.05) is 30.3 Å². The first-order valence-electron chi connectivity index (χ1n) is 8.88. The predicted molar refractivity (Wildman–Crippen MR) is 99.6 cm³/mol. The van der Waals surface area contributed by atoms with Gasteiger partial charge in [-0.3, -0.25) is 9.59 Å². The highest BCUT2D eigenvalue weighted by Gasteiger charge is 2.33. The normalized spacial score (nSPS) is 15.9. The van der Waals surface area contributed by atoms with Crippen LogP contribution in [0.25, 0.3) is 0 Å². The Morgan fingerprint density at radius 1 is 1.00 bits per heavy atom. The molecule has 0 aliphatic carbocycles. The number of sulfonamides is 1. The first kappa shape index (κ1) is 20.2. The molecule has 0 unspecified atom stereocenters. The number of rotatable bonds is 6. The van der Waals surface area contributed by atoms with Crippen LogP contribution < -0.4 is 0 Å². The molecular formula is C20H20FNO5S. The van der Waals surface area contributed by atoms with Crippen molar-refractivity contribution in [3.63, 3.8) is 0 Å². The van der Waals surface area contributed by atoms with Crippen LogP contribution in [0, 0.1) is 11.7 Å². The fourth-order valence-electron chi connectivity index (χ4n) is 3.05. The third kappa shape index (κ3) is 4.63. The van der Waals surface area contributed by atoms with Gasteiger partial charge in [0, 0.05) is 18.7 Å². The monoisotopic (exact) mass is 405 g/mol. The molecule has 0 N–H and O–H groups in total. The van der Waals surface area contributed by atoms with Crippen LogP contribution in [0.15, 0.2) is 59.5 Å². The standard InChI is InChI=1S/C20H20FNO5S/c21-17-6-8-18(9-7-17)28(25,26)22-12-10-16(11-13-22)20(24)27-14-19(23)15-4-2-1-3-5-15/h1-9,16H,10-14H2. The average molecular weight is 405 g/mol. The van der Waals surface area contributed by atoms with Gasteiger partial charge in [0.1, 0.15) is 5.82 Å². The molecule has 1 aliphatic heterocycles. The van der Waals surface area contributed by atoms with Crippen LogP contribution >= 0.6 is 0 Å². The summed E-state index contributed by atoms with van der Waals surface area (Å²) in [5.74, 6) is -1.75. The van der Waals surface area contributed by atoms with Gasteiger partial charge in [0.2, 0.25) is 10.0 Å². The highest BCUT2D eigenvalue weighted by molar-refractivity contribution is 7.89. The highest BCUT2D eigenvalue weighted by Crippen LogP contribution is 2.24. The van der Waals surface area contributed by atoms with Gasteiger partial charge in [0.15, 0.2) is 12.4 Å². The van der Waals surface area contributed by atoms with Crippen molar-refractivity contribution >= 4 is 21.8 Å². The quantitative estimate of drug-likeness (QED) is 0.545. The summed E-state index contributed by atoms with van der Waals surface area (Å²) in [4.78, 5) is 24.2. The molecule has 0 radical (unpaired) electrons. The van der Waals surface area contributed by atoms with Crippen LogP contribution in [0.4, 0.5) is 4.39 Å². The largest absolute Gasteiger partial charge is 0.457 e. The van der Waals surface area contributed by atoms with E-state index < -0.39 is 27.7 Å². The summed E-state index contributed by atoms with van der Waals surface area (Å²) in [5.41, 5.74) is 0.468. The molecule has 0 spiro atoms. The minimum absolute atomic E-state index is 0.0170. The van der Waals surface area contributed by atoms with E-state index in [0.29, 0.717) is 18.4 Å². The SMILES string of the molecule is O=C(COC(=O)C1CCN(S(=O)(=O)c2ccc(F)cc2)CC1)c1ccccc1. The Hall–Kier alpha value is -2.58. The first-order valence-corrected chi connectivity index (χ1v) is 10.3. The van der Waals surface area contributed by atoms with E-state index in [0.717, 1.165) is 12.1 Å². The van der Waals surface area contributed by atoms with Crippen molar-refractivity contribution in [2.24, 2.45) is 5.92 Å². The number of carbonyl (C=O) groups is 2. The molecule has 1 fully saturated rings. The molecule has 1 saturated heterocycles. The molecule has 2 aromatic rings. The van der Waals surface area contributed by atoms with E-state index in [9.17, 15) is 22.4 Å². The maximum atomic E-state index is 13.0. The van der Waals surface area contributed by atoms with Gasteiger partial charge < -0.3 is 4.74 Å². The predicted octanol–water partition coefficient (Wildman–Crippen LogP) is 2.65. The summed E-state index contributed by atoms with van der Waals surface area (Å²) in [6.45, 7) is -0.0187. The fourth-order valence-corrected chi connectivity index (χ4v) is 4.52. The van der Waals surface area contributed by atoms with Crippen LogP contribution in [-0.2, 0) is 19.6 Å². The smallest absolute Gasteiger partial charge is 0.309 e. The summed E-state index contributed by atoms with van der Waals surface area (Å²) < 4.78 is 44.6. The van der Waals surface area contributed by atoms with Crippen molar-refractivity contribution in [3.05, 3.63) is 66.0 Å². The Kier molecular flexibility index (Phi) is 6.21. The first-order chi connectivity index (χ1) is 13.4. The number of carbonyl (C=O) groups excluding carboxylic acids is 2. The van der Waals surface area contributed by atoms with Gasteiger partial charge in [-0.05, 0) is 37.1 Å². The lowest BCUT2D eigenvalue weighted by molar-refractivity contribution is -0.148. The van der Waals surface area contributed by atoms with Crippen LogP contribution in [0.2, 0.25) is 0 Å². The molecule has 0 amide bonds. The van der Waals surface area contributed by atoms with Crippen molar-refractivity contribution < 1.29 is 27.1 Å². The zero-order valence-corrected chi connectivity index (χ0v) is 15.9. The molecule has 0 aromatic heterocycles. The van der Waals surface area contributed by atoms with Crippen molar-refractivity contribution in [2.75, 3.05) is 19.7 Å². The van der Waals surface area contributed by atoms with Gasteiger partial charge >= 0.3 is 5.97 Å². The molecule has 0 bridgehead atoms. The van der Waals surface area contributed by atoms with E-state index >= 15 is 0 Å². The number of hydrogen-bond acceptors (Lipinski definition) is 5. The van der Waals surface area contributed by atoms with Crippen molar-refractivity contribution in [1.82, 2.24) is 4.31 Å². The van der Waals surface area contributed by atoms with Gasteiger partial charge in [0.25, 0.3) is 0 Å². The molecule has 8 heteroatoms. The van der Waals surface area contributed by atoms with Crippen LogP contribution in [0.5, 0.6) is 0 Å². The molecule has 0 saturated carbocycles. The molecule has 1 heterocycles. The molecule has 1 aliphatic rings. The van der Waals surface area contributed by atoms with E-state index in [2.05, 4.69) is 0 Å². The molecular weight excluding hydrogens is 385 g/mol. The lowest BCUT2D eigenvalue weighted by atomic mass is 9.98. The molecule has 148 valence electrons. The Labute approximate surface area is 163 Å². The Bertz CT molecular complexity index is 936. The van der Waals surface area contributed by atoms with Crippen LogP contribution in [-0.4, -0.2) is 44.2 Å². The fraction of sp³-hybridized carbons (Fsp3) is 0.300. The zero-order chi connectivity index (χ0) is 20.1. The summed E-state index contributed by atoms with van der Waals surface area (Å²) in [6.07, 6.45) is 0.609. The third-order valence-corrected chi connectivity index (χ3v) is 6.59. The van der Waals surface area contributed by atoms with Gasteiger partial charge in [-0.2, -0.15) is 4.31 Å². The highest BCUT2D eigenvalue weighted by atomic mass is 32.2. The van der Waals surface area contributed by atoms with Crippen LogP contribution in [0.1, 0.15) is 23.2 Å². The second-order valence-corrected chi connectivity index (χ2v) is 8.47. The number of Topliss-reactive ketones (excluding diaryl/α,β-unsaturated/α-hetero) is 1. The van der Waals surface area contributed by atoms with E-state index in [1.54, 1.807) is 30.3 Å². The summed E-state index contributed by atoms with van der Waals surface area (Å²) in [7, 11) is -3.73. The van der Waals surface area contributed by atoms with E-state index in [-0.39, 0.29) is 30.4 Å². The lowest BCUT2D eigenvalue weighted by Crippen LogP contribution is -2.40. The summed E-state index contributed by atoms with van der Waals surface area (Å²) in [6, 6.07) is 13.2. The minimum Gasteiger partial charge on any atom is -0.457 e. The number of esters is 1.